The Morgan fingerprint density at radius 1 is 0.887 bits per heavy atom. The lowest BCUT2D eigenvalue weighted by Crippen LogP contribution is -2.71. The van der Waals surface area contributed by atoms with Crippen LogP contribution in [-0.2, 0) is 45.7 Å². The molecule has 374 valence electrons. The first-order valence-corrected chi connectivity index (χ1v) is 25.4. The predicted molar refractivity (Wildman–Crippen MR) is 265 cm³/mol. The van der Waals surface area contributed by atoms with E-state index in [2.05, 4.69) is 51.8 Å². The molecule has 2 saturated heterocycles. The van der Waals surface area contributed by atoms with E-state index in [4.69, 9.17) is 30.8 Å². The van der Waals surface area contributed by atoms with E-state index in [9.17, 15) is 22.8 Å². The van der Waals surface area contributed by atoms with Crippen LogP contribution in [0.2, 0.25) is 5.02 Å². The van der Waals surface area contributed by atoms with Gasteiger partial charge in [-0.25, -0.2) is 14.8 Å². The number of hydrogen-bond acceptors (Lipinski definition) is 10. The number of esters is 1. The summed E-state index contributed by atoms with van der Waals surface area (Å²) in [5.74, 6) is -0.1000. The standard InChI is InChI=1S/C56H62ClF3N6O5/c1-36(31-71-48-18-24-61-46-13-7-9-37(2)49(46)48)25-40-27-39-16-15-38(29-64-32-53(33-64)34-65(35-53)30-42-17-23-62-50(63-42)44-12-5-6-14-47(44)69-3)26-45(39)54(40)19-21-55(22-20-54,52(68)70-4)66(51(67)56(58,59)60)43-11-8-10-41(57)28-43/h5-6,8,10-12,14-18,23-24,26,28,36-37,40H,7,9,13,19-22,25,27,29-35H2,1-4H3/t36-,37-,40+,54?,55?/m1/s1. The summed E-state index contributed by atoms with van der Waals surface area (Å²) in [6, 6.07) is 24.2. The molecule has 11 nitrogen and oxygen atoms in total. The van der Waals surface area contributed by atoms with Crippen molar-refractivity contribution in [3.05, 3.63) is 130 Å². The number of halogens is 4. The molecular weight excluding hydrogens is 929 g/mol. The number of carbonyl (C=O) groups is 2. The van der Waals surface area contributed by atoms with Gasteiger partial charge in [0.1, 0.15) is 17.0 Å². The average Bonchev–Trinajstić information content (AvgIpc) is 3.62. The van der Waals surface area contributed by atoms with E-state index < -0.39 is 29.0 Å². The number of rotatable bonds is 14. The van der Waals surface area contributed by atoms with Gasteiger partial charge in [0.15, 0.2) is 5.82 Å². The summed E-state index contributed by atoms with van der Waals surface area (Å²) in [6.45, 7) is 10.4. The minimum absolute atomic E-state index is 0.0258. The zero-order chi connectivity index (χ0) is 49.7. The van der Waals surface area contributed by atoms with E-state index in [1.165, 1.54) is 53.6 Å². The Bertz CT molecular complexity index is 2790. The van der Waals surface area contributed by atoms with Crippen molar-refractivity contribution in [2.45, 2.75) is 108 Å². The molecule has 3 atom stereocenters. The second-order valence-electron chi connectivity index (χ2n) is 21.2. The molecule has 1 saturated carbocycles. The Labute approximate surface area is 419 Å². The normalized spacial score (nSPS) is 24.1. The molecule has 0 unspecified atom stereocenters. The van der Waals surface area contributed by atoms with E-state index in [0.717, 1.165) is 99.8 Å². The van der Waals surface area contributed by atoms with Gasteiger partial charge in [-0.15, -0.1) is 0 Å². The minimum atomic E-state index is -5.26. The van der Waals surface area contributed by atoms with Gasteiger partial charge in [-0.05, 0) is 140 Å². The Morgan fingerprint density at radius 2 is 1.63 bits per heavy atom. The number of anilines is 1. The number of benzene rings is 3. The molecule has 2 spiro atoms. The number of hydrogen-bond donors (Lipinski definition) is 0. The van der Waals surface area contributed by atoms with Gasteiger partial charge < -0.3 is 14.2 Å². The molecule has 2 aliphatic heterocycles. The third kappa shape index (κ3) is 9.40. The lowest BCUT2D eigenvalue weighted by molar-refractivity contribution is -0.174. The topological polar surface area (TPSA) is 110 Å². The highest BCUT2D eigenvalue weighted by atomic mass is 35.5. The number of aromatic nitrogens is 3. The van der Waals surface area contributed by atoms with Crippen LogP contribution < -0.4 is 14.4 Å². The zero-order valence-electron chi connectivity index (χ0n) is 40.9. The number of amides is 1. The molecule has 0 radical (unpaired) electrons. The Kier molecular flexibility index (Phi) is 13.4. The Hall–Kier alpha value is -5.57. The Balaban J connectivity index is 0.874. The monoisotopic (exact) mass is 990 g/mol. The lowest BCUT2D eigenvalue weighted by Gasteiger charge is -2.60. The van der Waals surface area contributed by atoms with E-state index in [0.29, 0.717) is 36.1 Å². The average molecular weight is 992 g/mol. The largest absolute Gasteiger partial charge is 0.496 e. The number of para-hydroxylation sites is 1. The van der Waals surface area contributed by atoms with Crippen molar-refractivity contribution in [2.75, 3.05) is 51.9 Å². The molecule has 5 aliphatic rings. The summed E-state index contributed by atoms with van der Waals surface area (Å²) in [5, 5.41) is 0.148. The highest BCUT2D eigenvalue weighted by Crippen LogP contribution is 2.58. The van der Waals surface area contributed by atoms with Crippen LogP contribution in [0.4, 0.5) is 18.9 Å². The first-order chi connectivity index (χ1) is 34.1. The molecular formula is C56H62ClF3N6O5. The maximum Gasteiger partial charge on any atom is 0.471 e. The first-order valence-electron chi connectivity index (χ1n) is 25.0. The highest BCUT2D eigenvalue weighted by molar-refractivity contribution is 6.31. The molecule has 3 aromatic carbocycles. The second-order valence-corrected chi connectivity index (χ2v) is 21.6. The van der Waals surface area contributed by atoms with Crippen molar-refractivity contribution >= 4 is 29.2 Å². The fraction of sp³-hybridized carbons (Fsp3) is 0.482. The van der Waals surface area contributed by atoms with Crippen LogP contribution in [0.3, 0.4) is 0 Å². The Morgan fingerprint density at radius 3 is 2.37 bits per heavy atom. The van der Waals surface area contributed by atoms with Crippen molar-refractivity contribution < 1.29 is 37.0 Å². The van der Waals surface area contributed by atoms with Crippen LogP contribution in [0.25, 0.3) is 11.4 Å². The van der Waals surface area contributed by atoms with E-state index in [-0.39, 0.29) is 40.8 Å². The van der Waals surface area contributed by atoms with Crippen molar-refractivity contribution in [3.63, 3.8) is 0 Å². The molecule has 15 heteroatoms. The van der Waals surface area contributed by atoms with Gasteiger partial charge >= 0.3 is 18.1 Å². The van der Waals surface area contributed by atoms with Crippen molar-refractivity contribution in [2.24, 2.45) is 17.3 Å². The number of aryl methyl sites for hydroxylation is 1. The number of alkyl halides is 3. The third-order valence-electron chi connectivity index (χ3n) is 16.3. The summed E-state index contributed by atoms with van der Waals surface area (Å²) in [5.41, 5.74) is 5.51. The maximum atomic E-state index is 14.6. The molecule has 4 heterocycles. The van der Waals surface area contributed by atoms with Gasteiger partial charge in [-0.1, -0.05) is 61.8 Å². The van der Waals surface area contributed by atoms with Crippen molar-refractivity contribution in [1.82, 2.24) is 24.8 Å². The van der Waals surface area contributed by atoms with Gasteiger partial charge in [0.05, 0.1) is 32.1 Å². The van der Waals surface area contributed by atoms with E-state index in [1.54, 1.807) is 7.11 Å². The van der Waals surface area contributed by atoms with Gasteiger partial charge in [0.2, 0.25) is 0 Å². The van der Waals surface area contributed by atoms with Gasteiger partial charge in [0, 0.05) is 79.0 Å². The van der Waals surface area contributed by atoms with Crippen molar-refractivity contribution in [1.29, 1.82) is 0 Å². The molecule has 0 N–H and O–H groups in total. The van der Waals surface area contributed by atoms with Crippen LogP contribution in [0.15, 0.2) is 91.3 Å². The SMILES string of the molecule is COC(=O)C1(N(C(=O)C(F)(F)F)c2cccc(Cl)c2)CCC2(CC1)c1cc(CN3CC4(C3)CN(Cc3ccnc(-c5ccccc5OC)n3)C4)ccc1C[C@@H]2C[C@@H](C)COc1ccnc2c1[C@H](C)CCC2. The van der Waals surface area contributed by atoms with Gasteiger partial charge in [-0.2, -0.15) is 13.2 Å². The fourth-order valence-electron chi connectivity index (χ4n) is 13.2. The van der Waals surface area contributed by atoms with Crippen LogP contribution in [0, 0.1) is 17.3 Å². The smallest absolute Gasteiger partial charge is 0.471 e. The second kappa shape index (κ2) is 19.5. The summed E-state index contributed by atoms with van der Waals surface area (Å²) in [6.07, 6.45) is 3.85. The number of carbonyl (C=O) groups excluding carboxylic acids is 2. The first kappa shape index (κ1) is 49.0. The minimum Gasteiger partial charge on any atom is -0.496 e. The molecule has 1 amide bonds. The van der Waals surface area contributed by atoms with Crippen molar-refractivity contribution in [3.8, 4) is 22.9 Å². The molecule has 3 aliphatic carbocycles. The zero-order valence-corrected chi connectivity index (χ0v) is 41.7. The summed E-state index contributed by atoms with van der Waals surface area (Å²) >= 11 is 6.33. The summed E-state index contributed by atoms with van der Waals surface area (Å²) in [7, 11) is 2.82. The van der Waals surface area contributed by atoms with E-state index in [1.807, 2.05) is 48.8 Å². The molecule has 10 rings (SSSR count). The number of ether oxygens (including phenoxy) is 3. The fourth-order valence-corrected chi connectivity index (χ4v) is 13.3. The van der Waals surface area contributed by atoms with Crippen LogP contribution in [0.1, 0.15) is 98.4 Å². The quantitative estimate of drug-likeness (QED) is 0.0998. The molecule has 71 heavy (non-hydrogen) atoms. The molecule has 2 aromatic heterocycles. The third-order valence-corrected chi connectivity index (χ3v) is 16.5. The number of nitrogens with zero attached hydrogens (tertiary/aromatic N) is 6. The lowest BCUT2D eigenvalue weighted by atomic mass is 9.59. The van der Waals surface area contributed by atoms with Crippen LogP contribution in [-0.4, -0.2) is 95.3 Å². The highest BCUT2D eigenvalue weighted by Gasteiger charge is 2.61. The summed E-state index contributed by atoms with van der Waals surface area (Å²) < 4.78 is 61.4. The summed E-state index contributed by atoms with van der Waals surface area (Å²) in [4.78, 5) is 47.3. The molecule has 3 fully saturated rings. The molecule has 5 aromatic rings. The number of pyridine rings is 1. The van der Waals surface area contributed by atoms with Crippen LogP contribution >= 0.6 is 11.6 Å². The van der Waals surface area contributed by atoms with Crippen LogP contribution in [0.5, 0.6) is 11.5 Å². The van der Waals surface area contributed by atoms with Gasteiger partial charge in [0.25, 0.3) is 0 Å². The number of fused-ring (bicyclic) bond motifs is 3. The predicted octanol–water partition coefficient (Wildman–Crippen LogP) is 10.6. The number of likely N-dealkylation sites (tertiary alicyclic amines) is 2. The van der Waals surface area contributed by atoms with E-state index >= 15 is 0 Å². The number of methoxy groups -OCH3 is 2. The maximum absolute atomic E-state index is 14.6. The van der Waals surface area contributed by atoms with Gasteiger partial charge in [-0.3, -0.25) is 24.5 Å². The molecule has 0 bridgehead atoms.